The van der Waals surface area contributed by atoms with Crippen molar-refractivity contribution in [2.24, 2.45) is 5.92 Å². The van der Waals surface area contributed by atoms with Crippen molar-refractivity contribution in [1.82, 2.24) is 10.6 Å². The minimum atomic E-state index is -0.623. The summed E-state index contributed by atoms with van der Waals surface area (Å²) in [6, 6.07) is 8.57. The van der Waals surface area contributed by atoms with Gasteiger partial charge in [-0.3, -0.25) is 4.79 Å². The van der Waals surface area contributed by atoms with Crippen molar-refractivity contribution in [1.29, 1.82) is 0 Å². The largest absolute Gasteiger partial charge is 0.465 e. The quantitative estimate of drug-likeness (QED) is 0.627. The highest BCUT2D eigenvalue weighted by molar-refractivity contribution is 5.85. The fourth-order valence-electron chi connectivity index (χ4n) is 2.51. The van der Waals surface area contributed by atoms with Crippen LogP contribution in [-0.4, -0.2) is 18.6 Å². The summed E-state index contributed by atoms with van der Waals surface area (Å²) in [7, 11) is 0. The summed E-state index contributed by atoms with van der Waals surface area (Å²) in [5.74, 6) is -0.982. The zero-order valence-electron chi connectivity index (χ0n) is 12.8. The summed E-state index contributed by atoms with van der Waals surface area (Å²) in [5, 5.41) is 5.35. The van der Waals surface area contributed by atoms with Gasteiger partial charge in [0.15, 0.2) is 0 Å². The van der Waals surface area contributed by atoms with E-state index in [1.165, 1.54) is 0 Å². The van der Waals surface area contributed by atoms with E-state index < -0.39 is 12.0 Å². The molecule has 2 rings (SSSR count). The summed E-state index contributed by atoms with van der Waals surface area (Å²) in [6.45, 7) is 6.30. The summed E-state index contributed by atoms with van der Waals surface area (Å²) in [4.78, 5) is 24.1. The minimum Gasteiger partial charge on any atom is -0.465 e. The predicted molar refractivity (Wildman–Crippen MR) is 84.0 cm³/mol. The highest BCUT2D eigenvalue weighted by atomic mass is 16.5. The van der Waals surface area contributed by atoms with Gasteiger partial charge in [0.1, 0.15) is 5.92 Å². The van der Waals surface area contributed by atoms with Crippen LogP contribution in [0.4, 0.5) is 4.79 Å². The molecule has 1 fully saturated rings. The molecule has 118 valence electrons. The summed E-state index contributed by atoms with van der Waals surface area (Å²) < 4.78 is 5.35. The van der Waals surface area contributed by atoms with Crippen LogP contribution < -0.4 is 10.6 Å². The van der Waals surface area contributed by atoms with Crippen molar-refractivity contribution >= 4 is 12.0 Å². The number of urea groups is 1. The molecule has 1 saturated heterocycles. The molecule has 22 heavy (non-hydrogen) atoms. The van der Waals surface area contributed by atoms with Gasteiger partial charge in [-0.05, 0) is 12.0 Å². The smallest absolute Gasteiger partial charge is 0.319 e. The van der Waals surface area contributed by atoms with Gasteiger partial charge in [-0.15, -0.1) is 0 Å². The van der Waals surface area contributed by atoms with Crippen LogP contribution in [0.5, 0.6) is 0 Å². The van der Waals surface area contributed by atoms with Crippen LogP contribution in [0.2, 0.25) is 0 Å². The number of esters is 1. The molecule has 1 heterocycles. The average Bonchev–Trinajstić information content (AvgIpc) is 2.51. The van der Waals surface area contributed by atoms with E-state index in [1.807, 2.05) is 30.3 Å². The predicted octanol–water partition coefficient (Wildman–Crippen LogP) is 2.90. The van der Waals surface area contributed by atoms with Gasteiger partial charge in [0, 0.05) is 5.70 Å². The molecule has 0 aliphatic carbocycles. The average molecular weight is 302 g/mol. The van der Waals surface area contributed by atoms with Crippen LogP contribution in [0.1, 0.15) is 37.8 Å². The van der Waals surface area contributed by atoms with E-state index in [0.717, 1.165) is 24.8 Å². The minimum absolute atomic E-state index is 0.353. The molecule has 2 atom stereocenters. The Morgan fingerprint density at radius 1 is 1.27 bits per heavy atom. The van der Waals surface area contributed by atoms with Crippen molar-refractivity contribution in [3.05, 3.63) is 48.2 Å². The van der Waals surface area contributed by atoms with E-state index in [2.05, 4.69) is 24.1 Å². The molecule has 1 aromatic carbocycles. The molecule has 0 aromatic heterocycles. The van der Waals surface area contributed by atoms with Crippen LogP contribution in [0.25, 0.3) is 0 Å². The molecule has 5 heteroatoms. The van der Waals surface area contributed by atoms with Gasteiger partial charge in [0.2, 0.25) is 0 Å². The maximum atomic E-state index is 12.4. The third-order valence-electron chi connectivity index (χ3n) is 3.67. The fraction of sp³-hybridized carbons (Fsp3) is 0.412. The Balaban J connectivity index is 2.12. The topological polar surface area (TPSA) is 67.4 Å². The first-order valence-electron chi connectivity index (χ1n) is 7.61. The number of benzene rings is 1. The van der Waals surface area contributed by atoms with E-state index in [-0.39, 0.29) is 12.0 Å². The van der Waals surface area contributed by atoms with Crippen LogP contribution in [0, 0.1) is 5.92 Å². The second-order valence-corrected chi connectivity index (χ2v) is 5.36. The van der Waals surface area contributed by atoms with Gasteiger partial charge < -0.3 is 15.4 Å². The van der Waals surface area contributed by atoms with E-state index >= 15 is 0 Å². The first kappa shape index (κ1) is 16.1. The fourth-order valence-corrected chi connectivity index (χ4v) is 2.51. The number of amides is 2. The van der Waals surface area contributed by atoms with Crippen molar-refractivity contribution in [3.63, 3.8) is 0 Å². The summed E-state index contributed by atoms with van der Waals surface area (Å²) >= 11 is 0. The van der Waals surface area contributed by atoms with Gasteiger partial charge in [-0.2, -0.15) is 0 Å². The van der Waals surface area contributed by atoms with Gasteiger partial charge in [-0.1, -0.05) is 56.7 Å². The Morgan fingerprint density at radius 3 is 2.68 bits per heavy atom. The lowest BCUT2D eigenvalue weighted by Crippen LogP contribution is -2.51. The molecular formula is C17H22N2O3. The molecule has 0 unspecified atom stereocenters. The number of carbonyl (C=O) groups excluding carboxylic acids is 2. The zero-order valence-corrected chi connectivity index (χ0v) is 12.8. The number of ether oxygens (including phenoxy) is 1. The molecule has 1 aliphatic heterocycles. The molecule has 0 bridgehead atoms. The molecule has 1 aromatic rings. The Kier molecular flexibility index (Phi) is 5.58. The Hall–Kier alpha value is -2.30. The van der Waals surface area contributed by atoms with Gasteiger partial charge in [0.25, 0.3) is 0 Å². The molecule has 2 N–H and O–H groups in total. The molecule has 0 saturated carbocycles. The second kappa shape index (κ2) is 7.64. The van der Waals surface area contributed by atoms with E-state index in [0.29, 0.717) is 12.3 Å². The van der Waals surface area contributed by atoms with Gasteiger partial charge >= 0.3 is 12.0 Å². The van der Waals surface area contributed by atoms with Crippen molar-refractivity contribution in [3.8, 4) is 0 Å². The first-order valence-corrected chi connectivity index (χ1v) is 7.61. The number of hydrogen-bond donors (Lipinski definition) is 2. The lowest BCUT2D eigenvalue weighted by molar-refractivity contribution is -0.148. The second-order valence-electron chi connectivity index (χ2n) is 5.36. The molecule has 5 nitrogen and oxygen atoms in total. The van der Waals surface area contributed by atoms with Crippen LogP contribution >= 0.6 is 0 Å². The molecule has 0 radical (unpaired) electrons. The number of unbranched alkanes of at least 4 members (excludes halogenated alkanes) is 2. The maximum absolute atomic E-state index is 12.4. The third kappa shape index (κ3) is 3.87. The molecule has 1 aliphatic rings. The molecular weight excluding hydrogens is 280 g/mol. The van der Waals surface area contributed by atoms with Crippen LogP contribution in [0.15, 0.2) is 42.6 Å². The number of carbonyl (C=O) groups is 2. The van der Waals surface area contributed by atoms with Crippen molar-refractivity contribution in [2.75, 3.05) is 6.61 Å². The van der Waals surface area contributed by atoms with Crippen LogP contribution in [0.3, 0.4) is 0 Å². The van der Waals surface area contributed by atoms with Crippen molar-refractivity contribution < 1.29 is 14.3 Å². The normalized spacial score (nSPS) is 21.0. The first-order chi connectivity index (χ1) is 10.6. The number of rotatable bonds is 6. The Bertz CT molecular complexity index is 542. The molecule has 2 amide bonds. The van der Waals surface area contributed by atoms with E-state index in [4.69, 9.17) is 4.74 Å². The Morgan fingerprint density at radius 2 is 2.00 bits per heavy atom. The standard InChI is InChI=1S/C17H22N2O3/c1-3-4-8-11-22-16(20)14-12(2)18-17(21)19-15(14)13-9-6-5-7-10-13/h5-7,9-10,14-15H,2-4,8,11H2,1H3,(H2,18,19,21)/t14-,15-/m0/s1. The lowest BCUT2D eigenvalue weighted by atomic mass is 9.89. The monoisotopic (exact) mass is 302 g/mol. The molecule has 0 spiro atoms. The highest BCUT2D eigenvalue weighted by Crippen LogP contribution is 2.30. The third-order valence-corrected chi connectivity index (χ3v) is 3.67. The number of nitrogens with one attached hydrogen (secondary N) is 2. The van der Waals surface area contributed by atoms with E-state index in [1.54, 1.807) is 0 Å². The number of hydrogen-bond acceptors (Lipinski definition) is 3. The summed E-state index contributed by atoms with van der Waals surface area (Å²) in [5.41, 5.74) is 1.23. The lowest BCUT2D eigenvalue weighted by Gasteiger charge is -2.33. The summed E-state index contributed by atoms with van der Waals surface area (Å²) in [6.07, 6.45) is 2.94. The SMILES string of the molecule is C=C1NC(=O)N[C@@H](c2ccccc2)[C@H]1C(=O)OCCCCC. The Labute approximate surface area is 130 Å². The zero-order chi connectivity index (χ0) is 15.9. The van der Waals surface area contributed by atoms with Gasteiger partial charge in [-0.25, -0.2) is 4.79 Å². The maximum Gasteiger partial charge on any atom is 0.319 e. The van der Waals surface area contributed by atoms with Gasteiger partial charge in [0.05, 0.1) is 12.6 Å². The highest BCUT2D eigenvalue weighted by Gasteiger charge is 2.38. The van der Waals surface area contributed by atoms with Crippen molar-refractivity contribution in [2.45, 2.75) is 32.2 Å². The van der Waals surface area contributed by atoms with Crippen LogP contribution in [-0.2, 0) is 9.53 Å². The van der Waals surface area contributed by atoms with E-state index in [9.17, 15) is 9.59 Å².